The van der Waals surface area contributed by atoms with Crippen molar-refractivity contribution in [1.29, 1.82) is 0 Å². The zero-order chi connectivity index (χ0) is 14.5. The van der Waals surface area contributed by atoms with Gasteiger partial charge in [-0.25, -0.2) is 4.79 Å². The molecule has 19 heavy (non-hydrogen) atoms. The van der Waals surface area contributed by atoms with Gasteiger partial charge in [0, 0.05) is 17.8 Å². The number of carbonyl (C=O) groups is 1. The highest BCUT2D eigenvalue weighted by molar-refractivity contribution is 5.88. The zero-order valence-corrected chi connectivity index (χ0v) is 12.2. The van der Waals surface area contributed by atoms with Gasteiger partial charge in [-0.05, 0) is 24.0 Å². The normalized spacial score (nSPS) is 10.9. The van der Waals surface area contributed by atoms with Crippen molar-refractivity contribution in [3.8, 4) is 0 Å². The number of hydrogen-bond donors (Lipinski definition) is 1. The predicted octanol–water partition coefficient (Wildman–Crippen LogP) is 3.52. The van der Waals surface area contributed by atoms with Crippen molar-refractivity contribution in [2.24, 2.45) is 0 Å². The Morgan fingerprint density at radius 1 is 1.32 bits per heavy atom. The van der Waals surface area contributed by atoms with E-state index in [-0.39, 0.29) is 11.4 Å². The Balaban J connectivity index is 2.74. The number of ether oxygens (including phenoxy) is 1. The molecule has 0 amide bonds. The fraction of sp³-hybridized carbons (Fsp3) is 0.438. The predicted molar refractivity (Wildman–Crippen MR) is 79.4 cm³/mol. The van der Waals surface area contributed by atoms with E-state index in [1.54, 1.807) is 6.92 Å². The van der Waals surface area contributed by atoms with Gasteiger partial charge in [0.15, 0.2) is 0 Å². The maximum atomic E-state index is 11.5. The SMILES string of the molecule is C=C(CNc1ccccc1C(C)(C)C)C(=O)OCC. The monoisotopic (exact) mass is 261 g/mol. The van der Waals surface area contributed by atoms with Crippen LogP contribution in [0.4, 0.5) is 5.69 Å². The summed E-state index contributed by atoms with van der Waals surface area (Å²) in [5, 5.41) is 3.26. The van der Waals surface area contributed by atoms with Crippen molar-refractivity contribution in [2.45, 2.75) is 33.1 Å². The van der Waals surface area contributed by atoms with Gasteiger partial charge in [-0.15, -0.1) is 0 Å². The molecule has 1 rings (SSSR count). The molecule has 3 nitrogen and oxygen atoms in total. The van der Waals surface area contributed by atoms with Gasteiger partial charge in [0.1, 0.15) is 0 Å². The first-order valence-electron chi connectivity index (χ1n) is 6.54. The molecule has 0 aromatic heterocycles. The molecular formula is C16H23NO2. The van der Waals surface area contributed by atoms with Crippen LogP contribution in [-0.4, -0.2) is 19.1 Å². The number of nitrogens with one attached hydrogen (secondary N) is 1. The number of anilines is 1. The number of benzene rings is 1. The molecule has 0 bridgehead atoms. The molecule has 0 fully saturated rings. The summed E-state index contributed by atoms with van der Waals surface area (Å²) in [5.41, 5.74) is 2.73. The Hall–Kier alpha value is -1.77. The number of para-hydroxylation sites is 1. The highest BCUT2D eigenvalue weighted by atomic mass is 16.5. The summed E-state index contributed by atoms with van der Waals surface area (Å²) in [7, 11) is 0. The van der Waals surface area contributed by atoms with Crippen LogP contribution in [0.25, 0.3) is 0 Å². The van der Waals surface area contributed by atoms with Crippen LogP contribution >= 0.6 is 0 Å². The summed E-state index contributed by atoms with van der Waals surface area (Å²) in [6.07, 6.45) is 0. The van der Waals surface area contributed by atoms with Crippen molar-refractivity contribution in [3.05, 3.63) is 42.0 Å². The van der Waals surface area contributed by atoms with Gasteiger partial charge in [-0.1, -0.05) is 45.5 Å². The standard InChI is InChI=1S/C16H23NO2/c1-6-19-15(18)12(2)11-17-14-10-8-7-9-13(14)16(3,4)5/h7-10,17H,2,6,11H2,1,3-5H3. The van der Waals surface area contributed by atoms with Gasteiger partial charge < -0.3 is 10.1 Å². The molecule has 0 heterocycles. The molecule has 0 saturated carbocycles. The molecule has 0 atom stereocenters. The van der Waals surface area contributed by atoms with E-state index in [0.29, 0.717) is 18.7 Å². The fourth-order valence-electron chi connectivity index (χ4n) is 1.80. The Morgan fingerprint density at radius 2 is 1.95 bits per heavy atom. The van der Waals surface area contributed by atoms with Gasteiger partial charge >= 0.3 is 5.97 Å². The largest absolute Gasteiger partial charge is 0.463 e. The molecule has 0 unspecified atom stereocenters. The smallest absolute Gasteiger partial charge is 0.335 e. The highest BCUT2D eigenvalue weighted by Gasteiger charge is 2.17. The van der Waals surface area contributed by atoms with Crippen molar-refractivity contribution < 1.29 is 9.53 Å². The summed E-state index contributed by atoms with van der Waals surface area (Å²) in [6, 6.07) is 8.10. The van der Waals surface area contributed by atoms with E-state index in [9.17, 15) is 4.79 Å². The van der Waals surface area contributed by atoms with Crippen LogP contribution in [0.5, 0.6) is 0 Å². The van der Waals surface area contributed by atoms with Gasteiger partial charge in [0.2, 0.25) is 0 Å². The van der Waals surface area contributed by atoms with E-state index in [1.807, 2.05) is 18.2 Å². The lowest BCUT2D eigenvalue weighted by Gasteiger charge is -2.23. The summed E-state index contributed by atoms with van der Waals surface area (Å²) < 4.78 is 4.91. The van der Waals surface area contributed by atoms with Crippen LogP contribution in [-0.2, 0) is 14.9 Å². The lowest BCUT2D eigenvalue weighted by Crippen LogP contribution is -2.18. The summed E-state index contributed by atoms with van der Waals surface area (Å²) in [6.45, 7) is 12.8. The van der Waals surface area contributed by atoms with E-state index in [0.717, 1.165) is 5.69 Å². The van der Waals surface area contributed by atoms with Crippen LogP contribution < -0.4 is 5.32 Å². The first kappa shape index (κ1) is 15.3. The van der Waals surface area contributed by atoms with Crippen LogP contribution in [0.1, 0.15) is 33.3 Å². The molecule has 3 heteroatoms. The second-order valence-corrected chi connectivity index (χ2v) is 5.47. The number of rotatable bonds is 5. The Kier molecular flexibility index (Phi) is 5.16. The Bertz CT molecular complexity index is 458. The molecule has 0 radical (unpaired) electrons. The molecule has 0 aliphatic heterocycles. The third kappa shape index (κ3) is 4.43. The van der Waals surface area contributed by atoms with Crippen molar-refractivity contribution in [3.63, 3.8) is 0 Å². The maximum absolute atomic E-state index is 11.5. The average Bonchev–Trinajstić information content (AvgIpc) is 2.35. The number of carbonyl (C=O) groups excluding carboxylic acids is 1. The Labute approximate surface area is 115 Å². The van der Waals surface area contributed by atoms with E-state index >= 15 is 0 Å². The van der Waals surface area contributed by atoms with Gasteiger partial charge in [0.25, 0.3) is 0 Å². The molecule has 1 aromatic carbocycles. The molecule has 0 aliphatic rings. The van der Waals surface area contributed by atoms with Gasteiger partial charge in [-0.2, -0.15) is 0 Å². The molecule has 1 aromatic rings. The van der Waals surface area contributed by atoms with E-state index < -0.39 is 0 Å². The summed E-state index contributed by atoms with van der Waals surface area (Å²) in [4.78, 5) is 11.5. The molecular weight excluding hydrogens is 238 g/mol. The van der Waals surface area contributed by atoms with Crippen LogP contribution in [0.15, 0.2) is 36.4 Å². The third-order valence-corrected chi connectivity index (χ3v) is 2.79. The van der Waals surface area contributed by atoms with Crippen LogP contribution in [0, 0.1) is 0 Å². The van der Waals surface area contributed by atoms with E-state index in [1.165, 1.54) is 5.56 Å². The zero-order valence-electron chi connectivity index (χ0n) is 12.2. The summed E-state index contributed by atoms with van der Waals surface area (Å²) in [5.74, 6) is -0.344. The highest BCUT2D eigenvalue weighted by Crippen LogP contribution is 2.29. The van der Waals surface area contributed by atoms with Gasteiger partial charge in [-0.3, -0.25) is 0 Å². The van der Waals surface area contributed by atoms with Crippen molar-refractivity contribution in [2.75, 3.05) is 18.5 Å². The molecule has 0 saturated heterocycles. The molecule has 0 aliphatic carbocycles. The number of esters is 1. The van der Waals surface area contributed by atoms with E-state index in [2.05, 4.69) is 38.7 Å². The maximum Gasteiger partial charge on any atom is 0.335 e. The van der Waals surface area contributed by atoms with Crippen LogP contribution in [0.3, 0.4) is 0 Å². The average molecular weight is 261 g/mol. The topological polar surface area (TPSA) is 38.3 Å². The summed E-state index contributed by atoms with van der Waals surface area (Å²) >= 11 is 0. The number of hydrogen-bond acceptors (Lipinski definition) is 3. The molecule has 104 valence electrons. The lowest BCUT2D eigenvalue weighted by molar-refractivity contribution is -0.138. The quantitative estimate of drug-likeness (QED) is 0.651. The minimum atomic E-state index is -0.344. The van der Waals surface area contributed by atoms with Crippen LogP contribution in [0.2, 0.25) is 0 Å². The minimum Gasteiger partial charge on any atom is -0.463 e. The van der Waals surface area contributed by atoms with Gasteiger partial charge in [0.05, 0.1) is 6.61 Å². The van der Waals surface area contributed by atoms with E-state index in [4.69, 9.17) is 4.74 Å². The first-order valence-corrected chi connectivity index (χ1v) is 6.54. The van der Waals surface area contributed by atoms with Crippen molar-refractivity contribution in [1.82, 2.24) is 0 Å². The third-order valence-electron chi connectivity index (χ3n) is 2.79. The molecule has 1 N–H and O–H groups in total. The second-order valence-electron chi connectivity index (χ2n) is 5.47. The fourth-order valence-corrected chi connectivity index (χ4v) is 1.80. The minimum absolute atomic E-state index is 0.0505. The second kappa shape index (κ2) is 6.41. The van der Waals surface area contributed by atoms with Crippen molar-refractivity contribution >= 4 is 11.7 Å². The lowest BCUT2D eigenvalue weighted by atomic mass is 9.86. The Morgan fingerprint density at radius 3 is 2.53 bits per heavy atom. The first-order chi connectivity index (χ1) is 8.86. The molecule has 0 spiro atoms.